The van der Waals surface area contributed by atoms with Crippen molar-refractivity contribution in [1.29, 1.82) is 0 Å². The minimum atomic E-state index is -0.843. The summed E-state index contributed by atoms with van der Waals surface area (Å²) in [5, 5.41) is 11.0. The van der Waals surface area contributed by atoms with Gasteiger partial charge in [0.25, 0.3) is 0 Å². The van der Waals surface area contributed by atoms with Gasteiger partial charge in [-0.25, -0.2) is 4.79 Å². The third kappa shape index (κ3) is 4.41. The Kier molecular flexibility index (Phi) is 6.44. The Morgan fingerprint density at radius 3 is 2.82 bits per heavy atom. The van der Waals surface area contributed by atoms with Crippen molar-refractivity contribution in [3.8, 4) is 10.7 Å². The van der Waals surface area contributed by atoms with Gasteiger partial charge in [0.15, 0.2) is 11.0 Å². The molecule has 3 amide bonds. The second-order valence-corrected chi connectivity index (χ2v) is 9.82. The number of hydrogen-bond donors (Lipinski definition) is 2. The number of imide groups is 1. The van der Waals surface area contributed by atoms with Crippen LogP contribution >= 0.6 is 23.1 Å². The van der Waals surface area contributed by atoms with E-state index >= 15 is 0 Å². The summed E-state index contributed by atoms with van der Waals surface area (Å²) in [4.78, 5) is 25.9. The Morgan fingerprint density at radius 2 is 2.18 bits per heavy atom. The fraction of sp³-hybridized carbons (Fsp3) is 0.579. The van der Waals surface area contributed by atoms with Gasteiger partial charge in [0.2, 0.25) is 5.91 Å². The molecule has 28 heavy (non-hydrogen) atoms. The number of carbonyl (C=O) groups excluding carboxylic acids is 2. The van der Waals surface area contributed by atoms with Crippen molar-refractivity contribution in [3.05, 3.63) is 16.5 Å². The topological polar surface area (TPSA) is 103 Å². The second kappa shape index (κ2) is 8.65. The van der Waals surface area contributed by atoms with Crippen molar-refractivity contribution in [2.45, 2.75) is 56.9 Å². The molecule has 0 saturated carbocycles. The number of aromatic nitrogens is 3. The van der Waals surface area contributed by atoms with Crippen molar-refractivity contribution >= 4 is 35.0 Å². The number of primary amides is 1. The SMILES string of the molecule is CC[C@@H]1CCc2sc(-c3nnc(S[C@@H](C(=O)NC(N)=O)C(C)C)n3C)cc2C1. The van der Waals surface area contributed by atoms with Crippen molar-refractivity contribution < 1.29 is 9.59 Å². The van der Waals surface area contributed by atoms with E-state index in [4.69, 9.17) is 5.73 Å². The molecular formula is C19H27N5O2S2. The van der Waals surface area contributed by atoms with Gasteiger partial charge in [0, 0.05) is 11.9 Å². The lowest BCUT2D eigenvalue weighted by atomic mass is 9.87. The van der Waals surface area contributed by atoms with Gasteiger partial charge in [-0.2, -0.15) is 0 Å². The molecule has 0 radical (unpaired) electrons. The summed E-state index contributed by atoms with van der Waals surface area (Å²) in [6.07, 6.45) is 4.76. The Bertz CT molecular complexity index is 874. The highest BCUT2D eigenvalue weighted by atomic mass is 32.2. The maximum atomic E-state index is 12.3. The zero-order valence-corrected chi connectivity index (χ0v) is 18.3. The van der Waals surface area contributed by atoms with E-state index in [9.17, 15) is 9.59 Å². The normalized spacial score (nSPS) is 17.4. The van der Waals surface area contributed by atoms with Gasteiger partial charge in [-0.05, 0) is 42.7 Å². The first kappa shape index (κ1) is 20.9. The van der Waals surface area contributed by atoms with Gasteiger partial charge in [0.1, 0.15) is 0 Å². The highest BCUT2D eigenvalue weighted by Gasteiger charge is 2.28. The Labute approximate surface area is 173 Å². The van der Waals surface area contributed by atoms with Crippen LogP contribution in [0.4, 0.5) is 4.79 Å². The first-order chi connectivity index (χ1) is 13.3. The van der Waals surface area contributed by atoms with Gasteiger partial charge in [-0.1, -0.05) is 39.0 Å². The number of carbonyl (C=O) groups is 2. The maximum Gasteiger partial charge on any atom is 0.318 e. The summed E-state index contributed by atoms with van der Waals surface area (Å²) < 4.78 is 1.92. The first-order valence-electron chi connectivity index (χ1n) is 9.58. The minimum absolute atomic E-state index is 0.00419. The summed E-state index contributed by atoms with van der Waals surface area (Å²) in [5.74, 6) is 1.18. The fourth-order valence-corrected chi connectivity index (χ4v) is 5.72. The average Bonchev–Trinajstić information content (AvgIpc) is 3.20. The Balaban J connectivity index is 1.81. The van der Waals surface area contributed by atoms with Gasteiger partial charge >= 0.3 is 6.03 Å². The number of hydrogen-bond acceptors (Lipinski definition) is 6. The molecular weight excluding hydrogens is 394 g/mol. The summed E-state index contributed by atoms with van der Waals surface area (Å²) in [7, 11) is 1.91. The molecule has 7 nitrogen and oxygen atoms in total. The van der Waals surface area contributed by atoms with E-state index in [0.29, 0.717) is 5.16 Å². The van der Waals surface area contributed by atoms with E-state index in [0.717, 1.165) is 29.5 Å². The molecule has 0 unspecified atom stereocenters. The fourth-order valence-electron chi connectivity index (χ4n) is 3.49. The van der Waals surface area contributed by atoms with E-state index < -0.39 is 17.2 Å². The highest BCUT2D eigenvalue weighted by Crippen LogP contribution is 2.38. The smallest absolute Gasteiger partial charge is 0.318 e. The number of nitrogens with one attached hydrogen (secondary N) is 1. The molecule has 9 heteroatoms. The van der Waals surface area contributed by atoms with Gasteiger partial charge in [-0.15, -0.1) is 21.5 Å². The molecule has 2 aromatic rings. The maximum absolute atomic E-state index is 12.3. The molecule has 0 aliphatic heterocycles. The number of fused-ring (bicyclic) bond motifs is 1. The van der Waals surface area contributed by atoms with Crippen LogP contribution in [-0.2, 0) is 24.7 Å². The third-order valence-electron chi connectivity index (χ3n) is 5.16. The number of urea groups is 1. The quantitative estimate of drug-likeness (QED) is 0.696. The van der Waals surface area contributed by atoms with Crippen LogP contribution in [0.3, 0.4) is 0 Å². The second-order valence-electron chi connectivity index (χ2n) is 7.58. The number of rotatable bonds is 6. The molecule has 3 rings (SSSR count). The van der Waals surface area contributed by atoms with Crippen LogP contribution in [0, 0.1) is 11.8 Å². The van der Waals surface area contributed by atoms with Crippen LogP contribution in [-0.4, -0.2) is 32.0 Å². The molecule has 152 valence electrons. The lowest BCUT2D eigenvalue weighted by Crippen LogP contribution is -2.42. The number of amides is 3. The van der Waals surface area contributed by atoms with Crippen molar-refractivity contribution in [2.75, 3.05) is 0 Å². The summed E-state index contributed by atoms with van der Waals surface area (Å²) >= 11 is 3.10. The molecule has 0 spiro atoms. The molecule has 0 fully saturated rings. The van der Waals surface area contributed by atoms with E-state index in [-0.39, 0.29) is 5.92 Å². The monoisotopic (exact) mass is 421 g/mol. The molecule has 1 aliphatic carbocycles. The average molecular weight is 422 g/mol. The van der Waals surface area contributed by atoms with Crippen LogP contribution in [0.2, 0.25) is 0 Å². The molecule has 1 aliphatic rings. The van der Waals surface area contributed by atoms with E-state index in [1.807, 2.05) is 25.5 Å². The summed E-state index contributed by atoms with van der Waals surface area (Å²) in [6.45, 7) is 6.11. The number of thiophene rings is 1. The Morgan fingerprint density at radius 1 is 1.43 bits per heavy atom. The predicted octanol–water partition coefficient (Wildman–Crippen LogP) is 3.37. The van der Waals surface area contributed by atoms with E-state index in [1.165, 1.54) is 35.0 Å². The molecule has 0 aromatic carbocycles. The molecule has 0 saturated heterocycles. The first-order valence-corrected chi connectivity index (χ1v) is 11.3. The van der Waals surface area contributed by atoms with E-state index in [1.54, 1.807) is 11.3 Å². The predicted molar refractivity (Wildman–Crippen MR) is 112 cm³/mol. The number of thioether (sulfide) groups is 1. The standard InChI is InChI=1S/C19H27N5O2S2/c1-5-11-6-7-13-12(8-11)9-14(27-13)16-22-23-19(24(16)4)28-15(10(2)3)17(25)21-18(20)26/h9-11,15H,5-8H2,1-4H3,(H3,20,21,25,26)/t11-,15-/m1/s1. The third-order valence-corrected chi connectivity index (χ3v) is 7.97. The van der Waals surface area contributed by atoms with Gasteiger partial charge in [-0.3, -0.25) is 10.1 Å². The molecule has 3 N–H and O–H groups in total. The molecule has 2 heterocycles. The van der Waals surface area contributed by atoms with Crippen LogP contribution in [0.15, 0.2) is 11.2 Å². The number of nitrogens with two attached hydrogens (primary N) is 1. The highest BCUT2D eigenvalue weighted by molar-refractivity contribution is 8.00. The number of nitrogens with zero attached hydrogens (tertiary/aromatic N) is 3. The van der Waals surface area contributed by atoms with Gasteiger partial charge in [0.05, 0.1) is 10.1 Å². The van der Waals surface area contributed by atoms with Crippen LogP contribution in [0.5, 0.6) is 0 Å². The largest absolute Gasteiger partial charge is 0.351 e. The van der Waals surface area contributed by atoms with E-state index in [2.05, 4.69) is 28.5 Å². The zero-order chi connectivity index (χ0) is 20.4. The Hall–Kier alpha value is -1.87. The van der Waals surface area contributed by atoms with Crippen molar-refractivity contribution in [3.63, 3.8) is 0 Å². The molecule has 2 aromatic heterocycles. The molecule has 0 bridgehead atoms. The number of aryl methyl sites for hydroxylation is 1. The lowest BCUT2D eigenvalue weighted by molar-refractivity contribution is -0.120. The zero-order valence-electron chi connectivity index (χ0n) is 16.7. The molecule has 2 atom stereocenters. The van der Waals surface area contributed by atoms with Crippen molar-refractivity contribution in [2.24, 2.45) is 24.6 Å². The summed E-state index contributed by atoms with van der Waals surface area (Å²) in [5.41, 5.74) is 6.53. The minimum Gasteiger partial charge on any atom is -0.351 e. The van der Waals surface area contributed by atoms with Gasteiger partial charge < -0.3 is 10.3 Å². The lowest BCUT2D eigenvalue weighted by Gasteiger charge is -2.19. The van der Waals surface area contributed by atoms with Crippen LogP contribution in [0.25, 0.3) is 10.7 Å². The summed E-state index contributed by atoms with van der Waals surface area (Å²) in [6, 6.07) is 1.41. The van der Waals surface area contributed by atoms with Crippen LogP contribution < -0.4 is 11.1 Å². The van der Waals surface area contributed by atoms with Crippen molar-refractivity contribution in [1.82, 2.24) is 20.1 Å². The van der Waals surface area contributed by atoms with Crippen LogP contribution in [0.1, 0.15) is 44.1 Å².